The van der Waals surface area contributed by atoms with Gasteiger partial charge in [0.1, 0.15) is 5.75 Å². The molecule has 3 rings (SSSR count). The monoisotopic (exact) mass is 364 g/mol. The van der Waals surface area contributed by atoms with Crippen molar-refractivity contribution in [2.45, 2.75) is 19.4 Å². The molecule has 24 heavy (non-hydrogen) atoms. The highest BCUT2D eigenvalue weighted by molar-refractivity contribution is 6.42. The molecule has 5 nitrogen and oxygen atoms in total. The lowest BCUT2D eigenvalue weighted by atomic mass is 10.1. The van der Waals surface area contributed by atoms with Crippen molar-refractivity contribution < 1.29 is 14.3 Å². The molecule has 1 unspecified atom stereocenters. The van der Waals surface area contributed by atoms with Gasteiger partial charge in [-0.05, 0) is 42.8 Å². The fraction of sp³-hybridized carbons (Fsp3) is 0.176. The molecule has 0 fully saturated rings. The first-order chi connectivity index (χ1) is 11.4. The Kier molecular flexibility index (Phi) is 4.64. The van der Waals surface area contributed by atoms with E-state index in [0.717, 1.165) is 5.56 Å². The van der Waals surface area contributed by atoms with Gasteiger partial charge in [-0.15, -0.1) is 0 Å². The summed E-state index contributed by atoms with van der Waals surface area (Å²) >= 11 is 11.8. The summed E-state index contributed by atoms with van der Waals surface area (Å²) in [4.78, 5) is 23.8. The van der Waals surface area contributed by atoms with Gasteiger partial charge < -0.3 is 15.4 Å². The minimum Gasteiger partial charge on any atom is -0.479 e. The Morgan fingerprint density at radius 1 is 1.21 bits per heavy atom. The van der Waals surface area contributed by atoms with Crippen LogP contribution >= 0.6 is 23.2 Å². The number of hydrogen-bond donors (Lipinski definition) is 2. The summed E-state index contributed by atoms with van der Waals surface area (Å²) in [5.41, 5.74) is 1.85. The smallest absolute Gasteiger partial charge is 0.265 e. The second-order valence-electron chi connectivity index (χ2n) is 5.43. The molecule has 0 aromatic heterocycles. The molecule has 2 aromatic rings. The Hall–Kier alpha value is -2.24. The van der Waals surface area contributed by atoms with Crippen molar-refractivity contribution in [3.8, 4) is 5.75 Å². The van der Waals surface area contributed by atoms with E-state index in [9.17, 15) is 9.59 Å². The summed E-state index contributed by atoms with van der Waals surface area (Å²) in [5.74, 6) is 0.149. The van der Waals surface area contributed by atoms with Crippen LogP contribution in [0.15, 0.2) is 36.4 Å². The second kappa shape index (κ2) is 6.71. The number of benzene rings is 2. The fourth-order valence-electron chi connectivity index (χ4n) is 2.33. The Morgan fingerprint density at radius 3 is 2.75 bits per heavy atom. The molecule has 0 saturated heterocycles. The number of hydrogen-bond acceptors (Lipinski definition) is 3. The first-order valence-electron chi connectivity index (χ1n) is 7.28. The van der Waals surface area contributed by atoms with Gasteiger partial charge in [0, 0.05) is 5.69 Å². The zero-order valence-electron chi connectivity index (χ0n) is 12.7. The second-order valence-corrected chi connectivity index (χ2v) is 6.25. The van der Waals surface area contributed by atoms with Crippen LogP contribution in [0.2, 0.25) is 10.0 Å². The standard InChI is InChI=1S/C17H14Cl2N2O3/c1-9-17(23)21-14-8-11(3-5-15(14)24-9)20-16(22)7-10-2-4-12(18)13(19)6-10/h2-6,8-9H,7H2,1H3,(H,20,22)(H,21,23). The average Bonchev–Trinajstić information content (AvgIpc) is 2.52. The zero-order valence-corrected chi connectivity index (χ0v) is 14.2. The summed E-state index contributed by atoms with van der Waals surface area (Å²) in [6.45, 7) is 1.67. The summed E-state index contributed by atoms with van der Waals surface area (Å²) < 4.78 is 5.47. The highest BCUT2D eigenvalue weighted by Gasteiger charge is 2.23. The molecule has 7 heteroatoms. The van der Waals surface area contributed by atoms with E-state index in [1.54, 1.807) is 43.3 Å². The van der Waals surface area contributed by atoms with Gasteiger partial charge in [0.05, 0.1) is 22.2 Å². The lowest BCUT2D eigenvalue weighted by Crippen LogP contribution is -2.34. The lowest BCUT2D eigenvalue weighted by Gasteiger charge is -2.23. The summed E-state index contributed by atoms with van der Waals surface area (Å²) in [7, 11) is 0. The number of ether oxygens (including phenoxy) is 1. The van der Waals surface area contributed by atoms with Crippen molar-refractivity contribution in [1.82, 2.24) is 0 Å². The van der Waals surface area contributed by atoms with Crippen molar-refractivity contribution in [1.29, 1.82) is 0 Å². The molecular weight excluding hydrogens is 351 g/mol. The van der Waals surface area contributed by atoms with Gasteiger partial charge in [0.25, 0.3) is 5.91 Å². The third-order valence-corrected chi connectivity index (χ3v) is 4.28. The molecular formula is C17H14Cl2N2O3. The number of amides is 2. The Bertz CT molecular complexity index is 823. The quantitative estimate of drug-likeness (QED) is 0.867. The maximum atomic E-state index is 12.2. The fourth-order valence-corrected chi connectivity index (χ4v) is 2.65. The van der Waals surface area contributed by atoms with Crippen LogP contribution in [0, 0.1) is 0 Å². The molecule has 0 bridgehead atoms. The van der Waals surface area contributed by atoms with Crippen molar-refractivity contribution in [2.24, 2.45) is 0 Å². The molecule has 0 aliphatic carbocycles. The van der Waals surface area contributed by atoms with Crippen LogP contribution in [-0.4, -0.2) is 17.9 Å². The van der Waals surface area contributed by atoms with Crippen LogP contribution in [-0.2, 0) is 16.0 Å². The largest absolute Gasteiger partial charge is 0.479 e. The van der Waals surface area contributed by atoms with Crippen LogP contribution in [0.5, 0.6) is 5.75 Å². The maximum Gasteiger partial charge on any atom is 0.265 e. The maximum absolute atomic E-state index is 12.2. The molecule has 0 radical (unpaired) electrons. The van der Waals surface area contributed by atoms with Gasteiger partial charge in [-0.1, -0.05) is 29.3 Å². The molecule has 1 aliphatic heterocycles. The third-order valence-electron chi connectivity index (χ3n) is 3.54. The number of nitrogens with one attached hydrogen (secondary N) is 2. The van der Waals surface area contributed by atoms with E-state index in [2.05, 4.69) is 10.6 Å². The molecule has 0 spiro atoms. The van der Waals surface area contributed by atoms with Crippen LogP contribution in [0.1, 0.15) is 12.5 Å². The van der Waals surface area contributed by atoms with E-state index in [1.165, 1.54) is 0 Å². The van der Waals surface area contributed by atoms with Gasteiger partial charge >= 0.3 is 0 Å². The average molecular weight is 365 g/mol. The van der Waals surface area contributed by atoms with E-state index in [4.69, 9.17) is 27.9 Å². The van der Waals surface area contributed by atoms with Crippen molar-refractivity contribution in [2.75, 3.05) is 10.6 Å². The van der Waals surface area contributed by atoms with Crippen LogP contribution in [0.3, 0.4) is 0 Å². The van der Waals surface area contributed by atoms with Gasteiger partial charge in [-0.3, -0.25) is 9.59 Å². The molecule has 124 valence electrons. The van der Waals surface area contributed by atoms with Gasteiger partial charge in [0.15, 0.2) is 6.10 Å². The molecule has 0 saturated carbocycles. The van der Waals surface area contributed by atoms with E-state index < -0.39 is 6.10 Å². The molecule has 1 atom stereocenters. The van der Waals surface area contributed by atoms with Crippen molar-refractivity contribution in [3.05, 3.63) is 52.0 Å². The van der Waals surface area contributed by atoms with Gasteiger partial charge in [-0.25, -0.2) is 0 Å². The highest BCUT2D eigenvalue weighted by Crippen LogP contribution is 2.32. The normalized spacial score (nSPS) is 16.0. The predicted molar refractivity (Wildman–Crippen MR) is 94.0 cm³/mol. The van der Waals surface area contributed by atoms with Gasteiger partial charge in [-0.2, -0.15) is 0 Å². The molecule has 2 N–H and O–H groups in total. The van der Waals surface area contributed by atoms with E-state index >= 15 is 0 Å². The molecule has 2 aromatic carbocycles. The summed E-state index contributed by atoms with van der Waals surface area (Å²) in [5, 5.41) is 6.37. The SMILES string of the molecule is CC1Oc2ccc(NC(=O)Cc3ccc(Cl)c(Cl)c3)cc2NC1=O. The number of carbonyl (C=O) groups is 2. The number of rotatable bonds is 3. The minimum atomic E-state index is -0.535. The summed E-state index contributed by atoms with van der Waals surface area (Å²) in [6.07, 6.45) is -0.374. The number of fused-ring (bicyclic) bond motifs is 1. The number of halogens is 2. The number of carbonyl (C=O) groups excluding carboxylic acids is 2. The summed E-state index contributed by atoms with van der Waals surface area (Å²) in [6, 6.07) is 10.1. The Morgan fingerprint density at radius 2 is 2.00 bits per heavy atom. The first-order valence-corrected chi connectivity index (χ1v) is 8.03. The van der Waals surface area contributed by atoms with E-state index in [-0.39, 0.29) is 18.2 Å². The van der Waals surface area contributed by atoms with Crippen LogP contribution in [0.4, 0.5) is 11.4 Å². The molecule has 2 amide bonds. The first kappa shape index (κ1) is 16.6. The Balaban J connectivity index is 1.69. The van der Waals surface area contributed by atoms with Crippen LogP contribution in [0.25, 0.3) is 0 Å². The van der Waals surface area contributed by atoms with Crippen molar-refractivity contribution >= 4 is 46.4 Å². The van der Waals surface area contributed by atoms with E-state index in [1.807, 2.05) is 0 Å². The lowest BCUT2D eigenvalue weighted by molar-refractivity contribution is -0.122. The number of anilines is 2. The predicted octanol–water partition coefficient (Wildman–Crippen LogP) is 3.89. The highest BCUT2D eigenvalue weighted by atomic mass is 35.5. The Labute approximate surface area is 148 Å². The minimum absolute atomic E-state index is 0.161. The topological polar surface area (TPSA) is 67.4 Å². The van der Waals surface area contributed by atoms with E-state index in [0.29, 0.717) is 27.2 Å². The molecule has 1 aliphatic rings. The van der Waals surface area contributed by atoms with Crippen LogP contribution < -0.4 is 15.4 Å². The third kappa shape index (κ3) is 3.63. The van der Waals surface area contributed by atoms with Gasteiger partial charge in [0.2, 0.25) is 5.91 Å². The molecule has 1 heterocycles. The zero-order chi connectivity index (χ0) is 17.3. The van der Waals surface area contributed by atoms with Crippen molar-refractivity contribution in [3.63, 3.8) is 0 Å².